The Balaban J connectivity index is 3.01. The molecule has 33 heavy (non-hydrogen) atoms. The fourth-order valence-electron chi connectivity index (χ4n) is 4.81. The molecular weight excluding hydrogens is 406 g/mol. The lowest BCUT2D eigenvalue weighted by molar-refractivity contribution is 0.194. The summed E-state index contributed by atoms with van der Waals surface area (Å²) in [5.74, 6) is 0. The van der Waals surface area contributed by atoms with Crippen LogP contribution in [0.15, 0.2) is 0 Å². The Hall–Kier alpha value is -0.730. The van der Waals surface area contributed by atoms with Crippen molar-refractivity contribution in [3.05, 3.63) is 0 Å². The van der Waals surface area contributed by atoms with Gasteiger partial charge >= 0.3 is 6.09 Å². The van der Waals surface area contributed by atoms with E-state index in [1.165, 1.54) is 161 Å². The number of hydrogen-bond donors (Lipinski definition) is 2. The molecule has 0 saturated carbocycles. The van der Waals surface area contributed by atoms with E-state index >= 15 is 0 Å². The van der Waals surface area contributed by atoms with Crippen molar-refractivity contribution in [2.75, 3.05) is 6.54 Å². The van der Waals surface area contributed by atoms with Gasteiger partial charge in [-0.1, -0.05) is 174 Å². The van der Waals surface area contributed by atoms with Crippen LogP contribution in [0.5, 0.6) is 0 Å². The molecule has 0 radical (unpaired) electrons. The minimum atomic E-state index is -0.898. The maximum atomic E-state index is 10.3. The van der Waals surface area contributed by atoms with Gasteiger partial charge in [-0.05, 0) is 6.42 Å². The van der Waals surface area contributed by atoms with Crippen molar-refractivity contribution in [1.29, 1.82) is 0 Å². The van der Waals surface area contributed by atoms with E-state index < -0.39 is 6.09 Å². The molecule has 0 aromatic heterocycles. The smallest absolute Gasteiger partial charge is 0.404 e. The van der Waals surface area contributed by atoms with Crippen LogP contribution in [0, 0.1) is 0 Å². The number of carbonyl (C=O) groups is 1. The van der Waals surface area contributed by atoms with Gasteiger partial charge in [-0.2, -0.15) is 0 Å². The highest BCUT2D eigenvalue weighted by molar-refractivity contribution is 5.64. The lowest BCUT2D eigenvalue weighted by Crippen LogP contribution is -2.21. The van der Waals surface area contributed by atoms with Gasteiger partial charge in [-0.15, -0.1) is 0 Å². The van der Waals surface area contributed by atoms with Gasteiger partial charge in [0.15, 0.2) is 0 Å². The molecule has 0 aliphatic carbocycles. The summed E-state index contributed by atoms with van der Waals surface area (Å²) in [6.07, 6.45) is 37.0. The molecule has 0 aromatic rings. The Morgan fingerprint density at radius 1 is 0.424 bits per heavy atom. The Labute approximate surface area is 208 Å². The zero-order valence-electron chi connectivity index (χ0n) is 22.7. The summed E-state index contributed by atoms with van der Waals surface area (Å²) in [7, 11) is 0. The predicted molar refractivity (Wildman–Crippen MR) is 146 cm³/mol. The standard InChI is InChI=1S/C30H61NO2/c1-2-3-4-5-6-7-8-9-10-11-12-13-14-15-16-17-18-19-20-21-22-23-24-25-26-27-28-29-31-30(32)33/h31H,2-29H2,1H3,(H,32,33). The highest BCUT2D eigenvalue weighted by Gasteiger charge is 1.97. The van der Waals surface area contributed by atoms with E-state index in [9.17, 15) is 4.79 Å². The van der Waals surface area contributed by atoms with Crippen LogP contribution in [0.25, 0.3) is 0 Å². The zero-order valence-corrected chi connectivity index (χ0v) is 22.7. The van der Waals surface area contributed by atoms with Gasteiger partial charge in [0.1, 0.15) is 0 Å². The summed E-state index contributed by atoms with van der Waals surface area (Å²) in [6.45, 7) is 2.90. The first kappa shape index (κ1) is 32.3. The highest BCUT2D eigenvalue weighted by atomic mass is 16.4. The van der Waals surface area contributed by atoms with E-state index in [2.05, 4.69) is 12.2 Å². The third-order valence-electron chi connectivity index (χ3n) is 7.06. The van der Waals surface area contributed by atoms with E-state index in [1.807, 2.05) is 0 Å². The predicted octanol–water partition coefficient (Wildman–Crippen LogP) is 10.8. The Bertz CT molecular complexity index is 372. The minimum absolute atomic E-state index is 0.606. The fraction of sp³-hybridized carbons (Fsp3) is 0.967. The molecule has 0 rings (SSSR count). The van der Waals surface area contributed by atoms with E-state index in [0.717, 1.165) is 12.8 Å². The van der Waals surface area contributed by atoms with Gasteiger partial charge in [0, 0.05) is 6.54 Å². The van der Waals surface area contributed by atoms with Crippen molar-refractivity contribution in [2.24, 2.45) is 0 Å². The molecule has 0 unspecified atom stereocenters. The maximum Gasteiger partial charge on any atom is 0.404 e. The van der Waals surface area contributed by atoms with E-state index in [0.29, 0.717) is 6.54 Å². The average molecular weight is 468 g/mol. The molecule has 3 heteroatoms. The SMILES string of the molecule is CCCCCCCCCCCCCCCCCCCCCCCCCCCCCNC(=O)O. The van der Waals surface area contributed by atoms with Crippen LogP contribution < -0.4 is 5.32 Å². The summed E-state index contributed by atoms with van der Waals surface area (Å²) in [5, 5.41) is 10.9. The van der Waals surface area contributed by atoms with Gasteiger partial charge < -0.3 is 10.4 Å². The van der Waals surface area contributed by atoms with E-state index in [-0.39, 0.29) is 0 Å². The van der Waals surface area contributed by atoms with Crippen LogP contribution >= 0.6 is 0 Å². The molecular formula is C30H61NO2. The van der Waals surface area contributed by atoms with Gasteiger partial charge in [0.2, 0.25) is 0 Å². The summed E-state index contributed by atoms with van der Waals surface area (Å²) in [6, 6.07) is 0. The van der Waals surface area contributed by atoms with Crippen molar-refractivity contribution in [3.63, 3.8) is 0 Å². The molecule has 198 valence electrons. The monoisotopic (exact) mass is 467 g/mol. The summed E-state index contributed by atoms with van der Waals surface area (Å²) < 4.78 is 0. The van der Waals surface area contributed by atoms with Crippen molar-refractivity contribution >= 4 is 6.09 Å². The van der Waals surface area contributed by atoms with Gasteiger partial charge in [0.25, 0.3) is 0 Å². The molecule has 0 aliphatic heterocycles. The lowest BCUT2D eigenvalue weighted by Gasteiger charge is -2.04. The summed E-state index contributed by atoms with van der Waals surface area (Å²) in [5.41, 5.74) is 0. The molecule has 0 heterocycles. The first-order chi connectivity index (χ1) is 16.3. The van der Waals surface area contributed by atoms with Crippen LogP contribution in [-0.4, -0.2) is 17.7 Å². The summed E-state index contributed by atoms with van der Waals surface area (Å²) >= 11 is 0. The fourth-order valence-corrected chi connectivity index (χ4v) is 4.81. The van der Waals surface area contributed by atoms with Crippen molar-refractivity contribution < 1.29 is 9.90 Å². The molecule has 2 N–H and O–H groups in total. The normalized spacial score (nSPS) is 11.2. The average Bonchev–Trinajstić information content (AvgIpc) is 2.80. The summed E-state index contributed by atoms with van der Waals surface area (Å²) in [4.78, 5) is 10.3. The van der Waals surface area contributed by atoms with Crippen LogP contribution in [0.1, 0.15) is 180 Å². The zero-order chi connectivity index (χ0) is 24.1. The lowest BCUT2D eigenvalue weighted by atomic mass is 10.0. The van der Waals surface area contributed by atoms with Crippen LogP contribution in [0.4, 0.5) is 4.79 Å². The van der Waals surface area contributed by atoms with Gasteiger partial charge in [-0.3, -0.25) is 0 Å². The molecule has 0 aliphatic rings. The molecule has 0 fully saturated rings. The molecule has 0 atom stereocenters. The number of amides is 1. The van der Waals surface area contributed by atoms with Crippen molar-refractivity contribution in [3.8, 4) is 0 Å². The second-order valence-corrected chi connectivity index (χ2v) is 10.4. The Morgan fingerprint density at radius 3 is 0.848 bits per heavy atom. The van der Waals surface area contributed by atoms with Gasteiger partial charge in [-0.25, -0.2) is 4.79 Å². The first-order valence-corrected chi connectivity index (χ1v) is 15.2. The third kappa shape index (κ3) is 31.3. The second-order valence-electron chi connectivity index (χ2n) is 10.4. The van der Waals surface area contributed by atoms with Crippen molar-refractivity contribution in [2.45, 2.75) is 180 Å². The molecule has 1 amide bonds. The quantitative estimate of drug-likeness (QED) is 0.112. The molecule has 0 aromatic carbocycles. The Morgan fingerprint density at radius 2 is 0.636 bits per heavy atom. The topological polar surface area (TPSA) is 49.3 Å². The van der Waals surface area contributed by atoms with Gasteiger partial charge in [0.05, 0.1) is 0 Å². The first-order valence-electron chi connectivity index (χ1n) is 15.2. The maximum absolute atomic E-state index is 10.3. The number of nitrogens with one attached hydrogen (secondary N) is 1. The van der Waals surface area contributed by atoms with Crippen LogP contribution in [0.2, 0.25) is 0 Å². The number of unbranched alkanes of at least 4 members (excludes halogenated alkanes) is 26. The number of carboxylic acid groups (broad SMARTS) is 1. The number of hydrogen-bond acceptors (Lipinski definition) is 1. The molecule has 0 bridgehead atoms. The van der Waals surface area contributed by atoms with Crippen LogP contribution in [0.3, 0.4) is 0 Å². The van der Waals surface area contributed by atoms with Crippen LogP contribution in [-0.2, 0) is 0 Å². The molecule has 0 saturated heterocycles. The van der Waals surface area contributed by atoms with E-state index in [4.69, 9.17) is 5.11 Å². The van der Waals surface area contributed by atoms with Crippen molar-refractivity contribution in [1.82, 2.24) is 5.32 Å². The Kier molecular flexibility index (Phi) is 28.7. The highest BCUT2D eigenvalue weighted by Crippen LogP contribution is 2.16. The van der Waals surface area contributed by atoms with E-state index in [1.54, 1.807) is 0 Å². The second kappa shape index (κ2) is 29.3. The largest absolute Gasteiger partial charge is 0.465 e. The minimum Gasteiger partial charge on any atom is -0.465 e. The third-order valence-corrected chi connectivity index (χ3v) is 7.06. The number of rotatable bonds is 28. The molecule has 3 nitrogen and oxygen atoms in total. The molecule has 0 spiro atoms.